The minimum atomic E-state index is -3.53. The summed E-state index contributed by atoms with van der Waals surface area (Å²) >= 11 is 0. The van der Waals surface area contributed by atoms with E-state index in [4.69, 9.17) is 5.73 Å². The zero-order chi connectivity index (χ0) is 13.6. The van der Waals surface area contributed by atoms with Gasteiger partial charge < -0.3 is 11.1 Å². The largest absolute Gasteiger partial charge is 0.353 e. The van der Waals surface area contributed by atoms with Gasteiger partial charge in [0, 0.05) is 12.6 Å². The number of nitrogens with two attached hydrogens (primary N) is 1. The quantitative estimate of drug-likeness (QED) is 0.676. The lowest BCUT2D eigenvalue weighted by Crippen LogP contribution is -2.38. The van der Waals surface area contributed by atoms with Crippen molar-refractivity contribution >= 4 is 28.3 Å². The summed E-state index contributed by atoms with van der Waals surface area (Å²) in [5, 5.41) is 2.49. The summed E-state index contributed by atoms with van der Waals surface area (Å²) < 4.78 is 24.3. The Bertz CT molecular complexity index is 493. The molecule has 0 bridgehead atoms. The van der Waals surface area contributed by atoms with Gasteiger partial charge in [0.15, 0.2) is 0 Å². The minimum Gasteiger partial charge on any atom is -0.353 e. The van der Waals surface area contributed by atoms with Gasteiger partial charge in [-0.3, -0.25) is 4.79 Å². The number of hydrogen-bond acceptors (Lipinski definition) is 4. The minimum absolute atomic E-state index is 0. The van der Waals surface area contributed by atoms with Crippen LogP contribution in [0.2, 0.25) is 0 Å². The fourth-order valence-corrected chi connectivity index (χ4v) is 1.93. The summed E-state index contributed by atoms with van der Waals surface area (Å²) in [5.74, 6) is -1.17. The number of rotatable bonds is 6. The molecule has 6 nitrogen and oxygen atoms in total. The van der Waals surface area contributed by atoms with Gasteiger partial charge in [0.25, 0.3) is 0 Å². The summed E-state index contributed by atoms with van der Waals surface area (Å²) in [5.41, 5.74) is 6.74. The fraction of sp³-hybridized carbons (Fsp3) is 0.364. The van der Waals surface area contributed by atoms with Crippen LogP contribution in [-0.4, -0.2) is 33.7 Å². The summed E-state index contributed by atoms with van der Waals surface area (Å²) in [7, 11) is -2.27. The zero-order valence-corrected chi connectivity index (χ0v) is 12.1. The highest BCUT2D eigenvalue weighted by atomic mass is 35.5. The van der Waals surface area contributed by atoms with Gasteiger partial charge in [0.05, 0.1) is 0 Å². The van der Waals surface area contributed by atoms with Gasteiger partial charge in [0.1, 0.15) is 5.75 Å². The van der Waals surface area contributed by atoms with E-state index in [0.717, 1.165) is 5.56 Å². The van der Waals surface area contributed by atoms with Gasteiger partial charge in [-0.2, -0.15) is 0 Å². The average molecular weight is 308 g/mol. The Kier molecular flexibility index (Phi) is 7.62. The standard InChI is InChI=1S/C11H17N3O3S.ClH/c1-13-18(16,17)8-11(15)14-7-10(12)9-5-3-2-4-6-9;/h2-6,10,13H,7-8,12H2,1H3,(H,14,15);1H. The molecule has 0 saturated heterocycles. The van der Waals surface area contributed by atoms with E-state index in [-0.39, 0.29) is 25.0 Å². The lowest BCUT2D eigenvalue weighted by molar-refractivity contribution is -0.118. The Morgan fingerprint density at radius 1 is 1.32 bits per heavy atom. The first-order valence-electron chi connectivity index (χ1n) is 5.43. The molecule has 0 aliphatic heterocycles. The molecule has 1 amide bonds. The van der Waals surface area contributed by atoms with Crippen molar-refractivity contribution in [2.75, 3.05) is 19.3 Å². The second kappa shape index (κ2) is 8.11. The van der Waals surface area contributed by atoms with Crippen molar-refractivity contribution in [1.82, 2.24) is 10.0 Å². The van der Waals surface area contributed by atoms with Crippen molar-refractivity contribution in [2.45, 2.75) is 6.04 Å². The van der Waals surface area contributed by atoms with E-state index in [0.29, 0.717) is 0 Å². The molecule has 0 aliphatic carbocycles. The third-order valence-corrected chi connectivity index (χ3v) is 3.64. The van der Waals surface area contributed by atoms with Crippen molar-refractivity contribution in [3.05, 3.63) is 35.9 Å². The maximum atomic E-state index is 11.4. The number of sulfonamides is 1. The van der Waals surface area contributed by atoms with Gasteiger partial charge in [-0.1, -0.05) is 30.3 Å². The molecule has 0 aromatic heterocycles. The Hall–Kier alpha value is -1.15. The molecule has 1 unspecified atom stereocenters. The van der Waals surface area contributed by atoms with Gasteiger partial charge >= 0.3 is 0 Å². The van der Waals surface area contributed by atoms with E-state index >= 15 is 0 Å². The molecule has 4 N–H and O–H groups in total. The SMILES string of the molecule is CNS(=O)(=O)CC(=O)NCC(N)c1ccccc1.Cl. The van der Waals surface area contributed by atoms with Crippen molar-refractivity contribution < 1.29 is 13.2 Å². The Morgan fingerprint density at radius 3 is 2.42 bits per heavy atom. The molecule has 1 atom stereocenters. The van der Waals surface area contributed by atoms with Gasteiger partial charge in [-0.05, 0) is 12.6 Å². The predicted octanol–water partition coefficient (Wildman–Crippen LogP) is -0.226. The van der Waals surface area contributed by atoms with Gasteiger partial charge in [0.2, 0.25) is 15.9 Å². The molecule has 19 heavy (non-hydrogen) atoms. The van der Waals surface area contributed by atoms with Crippen LogP contribution < -0.4 is 15.8 Å². The van der Waals surface area contributed by atoms with Crippen molar-refractivity contribution in [3.8, 4) is 0 Å². The smallest absolute Gasteiger partial charge is 0.236 e. The van der Waals surface area contributed by atoms with Crippen molar-refractivity contribution in [1.29, 1.82) is 0 Å². The molecule has 0 radical (unpaired) electrons. The first-order chi connectivity index (χ1) is 8.44. The zero-order valence-electron chi connectivity index (χ0n) is 10.5. The van der Waals surface area contributed by atoms with Gasteiger partial charge in [-0.25, -0.2) is 13.1 Å². The van der Waals surface area contributed by atoms with E-state index in [1.165, 1.54) is 7.05 Å². The highest BCUT2D eigenvalue weighted by Gasteiger charge is 2.15. The van der Waals surface area contributed by atoms with Crippen LogP contribution in [0.4, 0.5) is 0 Å². The molecule has 0 fully saturated rings. The normalized spacial score (nSPS) is 12.3. The number of carbonyl (C=O) groups is 1. The molecule has 1 aromatic rings. The molecule has 0 aliphatic rings. The Labute approximate surface area is 119 Å². The average Bonchev–Trinajstić information content (AvgIpc) is 2.36. The topological polar surface area (TPSA) is 101 Å². The van der Waals surface area contributed by atoms with Crippen LogP contribution in [-0.2, 0) is 14.8 Å². The highest BCUT2D eigenvalue weighted by Crippen LogP contribution is 2.07. The number of halogens is 1. The molecular weight excluding hydrogens is 290 g/mol. The van der Waals surface area contributed by atoms with E-state index in [2.05, 4.69) is 10.0 Å². The first kappa shape index (κ1) is 17.8. The third-order valence-electron chi connectivity index (χ3n) is 2.38. The monoisotopic (exact) mass is 307 g/mol. The van der Waals surface area contributed by atoms with E-state index < -0.39 is 21.7 Å². The number of nitrogens with one attached hydrogen (secondary N) is 2. The van der Waals surface area contributed by atoms with Crippen LogP contribution in [0.15, 0.2) is 30.3 Å². The second-order valence-corrected chi connectivity index (χ2v) is 5.71. The lowest BCUT2D eigenvalue weighted by Gasteiger charge is -2.13. The molecule has 8 heteroatoms. The second-order valence-electron chi connectivity index (χ2n) is 3.78. The lowest BCUT2D eigenvalue weighted by atomic mass is 10.1. The number of carbonyl (C=O) groups excluding carboxylic acids is 1. The maximum absolute atomic E-state index is 11.4. The van der Waals surface area contributed by atoms with E-state index in [1.54, 1.807) is 0 Å². The number of hydrogen-bond donors (Lipinski definition) is 3. The Balaban J connectivity index is 0.00000324. The Morgan fingerprint density at radius 2 is 1.89 bits per heavy atom. The summed E-state index contributed by atoms with van der Waals surface area (Å²) in [6.07, 6.45) is 0. The summed E-state index contributed by atoms with van der Waals surface area (Å²) in [4.78, 5) is 11.4. The van der Waals surface area contributed by atoms with Crippen molar-refractivity contribution in [3.63, 3.8) is 0 Å². The molecule has 108 valence electrons. The molecular formula is C11H18ClN3O3S. The van der Waals surface area contributed by atoms with Crippen LogP contribution in [0, 0.1) is 0 Å². The molecule has 1 aromatic carbocycles. The van der Waals surface area contributed by atoms with Crippen LogP contribution in [0.25, 0.3) is 0 Å². The molecule has 1 rings (SSSR count). The maximum Gasteiger partial charge on any atom is 0.236 e. The molecule has 0 spiro atoms. The summed E-state index contributed by atoms with van der Waals surface area (Å²) in [6.45, 7) is 0.197. The molecule has 0 heterocycles. The van der Waals surface area contributed by atoms with Crippen LogP contribution >= 0.6 is 12.4 Å². The number of benzene rings is 1. The predicted molar refractivity (Wildman–Crippen MR) is 76.5 cm³/mol. The van der Waals surface area contributed by atoms with Crippen LogP contribution in [0.1, 0.15) is 11.6 Å². The van der Waals surface area contributed by atoms with Crippen LogP contribution in [0.5, 0.6) is 0 Å². The fourth-order valence-electron chi connectivity index (χ4n) is 1.34. The van der Waals surface area contributed by atoms with E-state index in [9.17, 15) is 13.2 Å². The molecule has 0 saturated carbocycles. The highest BCUT2D eigenvalue weighted by molar-refractivity contribution is 7.90. The van der Waals surface area contributed by atoms with E-state index in [1.807, 2.05) is 30.3 Å². The van der Waals surface area contributed by atoms with Crippen molar-refractivity contribution in [2.24, 2.45) is 5.73 Å². The van der Waals surface area contributed by atoms with Crippen LogP contribution in [0.3, 0.4) is 0 Å². The summed E-state index contributed by atoms with van der Waals surface area (Å²) in [6, 6.07) is 8.91. The van der Waals surface area contributed by atoms with Gasteiger partial charge in [-0.15, -0.1) is 12.4 Å². The third kappa shape index (κ3) is 6.53. The first-order valence-corrected chi connectivity index (χ1v) is 7.08. The number of amides is 1.